The number of hydrogen-bond donors (Lipinski definition) is 2. The van der Waals surface area contributed by atoms with Gasteiger partial charge in [0.15, 0.2) is 0 Å². The molecule has 1 aliphatic heterocycles. The average molecular weight is 309 g/mol. The molecular weight excluding hydrogens is 288 g/mol. The van der Waals surface area contributed by atoms with Crippen molar-refractivity contribution in [2.75, 3.05) is 25.0 Å². The monoisotopic (exact) mass is 308 g/mol. The molecule has 0 bridgehead atoms. The lowest BCUT2D eigenvalue weighted by Crippen LogP contribution is -2.33. The second-order valence-corrected chi connectivity index (χ2v) is 6.71. The van der Waals surface area contributed by atoms with Gasteiger partial charge in [-0.3, -0.25) is 9.69 Å². The molecule has 1 heterocycles. The summed E-state index contributed by atoms with van der Waals surface area (Å²) in [6, 6.07) is 5.49. The van der Waals surface area contributed by atoms with Crippen LogP contribution in [0.2, 0.25) is 5.02 Å². The number of anilines is 1. The lowest BCUT2D eigenvalue weighted by atomic mass is 10.00. The van der Waals surface area contributed by atoms with Crippen LogP contribution in [0.25, 0.3) is 0 Å². The van der Waals surface area contributed by atoms with Crippen LogP contribution in [0.3, 0.4) is 0 Å². The minimum Gasteiger partial charge on any atom is -0.393 e. The van der Waals surface area contributed by atoms with Gasteiger partial charge in [0.1, 0.15) is 0 Å². The zero-order valence-corrected chi connectivity index (χ0v) is 12.9. The van der Waals surface area contributed by atoms with Crippen molar-refractivity contribution in [1.82, 2.24) is 4.90 Å². The third kappa shape index (κ3) is 3.23. The van der Waals surface area contributed by atoms with Crippen LogP contribution in [0.5, 0.6) is 0 Å². The van der Waals surface area contributed by atoms with Gasteiger partial charge in [0.2, 0.25) is 5.91 Å². The lowest BCUT2D eigenvalue weighted by molar-refractivity contribution is -0.117. The number of halogens is 1. The number of nitrogens with zero attached hydrogens (tertiary/aromatic N) is 1. The molecule has 1 aromatic carbocycles. The number of carbonyl (C=O) groups excluding carboxylic acids is 1. The predicted molar refractivity (Wildman–Crippen MR) is 83.5 cm³/mol. The highest BCUT2D eigenvalue weighted by Crippen LogP contribution is 2.37. The first-order valence-corrected chi connectivity index (χ1v) is 7.87. The number of amides is 1. The number of nitrogens with one attached hydrogen (secondary N) is 1. The van der Waals surface area contributed by atoms with Gasteiger partial charge in [0.25, 0.3) is 0 Å². The highest BCUT2D eigenvalue weighted by Gasteiger charge is 2.41. The highest BCUT2D eigenvalue weighted by atomic mass is 35.5. The van der Waals surface area contributed by atoms with Gasteiger partial charge in [-0.15, -0.1) is 0 Å². The maximum absolute atomic E-state index is 12.2. The Labute approximate surface area is 130 Å². The van der Waals surface area contributed by atoms with Gasteiger partial charge in [-0.05, 0) is 43.4 Å². The van der Waals surface area contributed by atoms with Gasteiger partial charge < -0.3 is 10.4 Å². The van der Waals surface area contributed by atoms with Crippen molar-refractivity contribution in [3.63, 3.8) is 0 Å². The number of aryl methyl sites for hydroxylation is 1. The van der Waals surface area contributed by atoms with Gasteiger partial charge in [0.05, 0.1) is 12.6 Å². The first-order valence-electron chi connectivity index (χ1n) is 7.49. The maximum Gasteiger partial charge on any atom is 0.238 e. The zero-order valence-electron chi connectivity index (χ0n) is 12.2. The van der Waals surface area contributed by atoms with Crippen molar-refractivity contribution >= 4 is 23.2 Å². The second kappa shape index (κ2) is 5.95. The van der Waals surface area contributed by atoms with Crippen molar-refractivity contribution in [3.05, 3.63) is 28.8 Å². The van der Waals surface area contributed by atoms with Crippen molar-refractivity contribution in [2.45, 2.75) is 25.9 Å². The summed E-state index contributed by atoms with van der Waals surface area (Å²) in [4.78, 5) is 14.3. The van der Waals surface area contributed by atoms with Crippen molar-refractivity contribution in [1.29, 1.82) is 0 Å². The molecule has 2 fully saturated rings. The number of rotatable bonds is 3. The van der Waals surface area contributed by atoms with Crippen LogP contribution in [0.4, 0.5) is 5.69 Å². The molecule has 1 amide bonds. The molecule has 114 valence electrons. The van der Waals surface area contributed by atoms with E-state index in [2.05, 4.69) is 10.2 Å². The predicted octanol–water partition coefficient (Wildman–Crippen LogP) is 2.29. The molecule has 3 rings (SSSR count). The van der Waals surface area contributed by atoms with E-state index >= 15 is 0 Å². The van der Waals surface area contributed by atoms with E-state index in [9.17, 15) is 9.90 Å². The van der Waals surface area contributed by atoms with Gasteiger partial charge in [0, 0.05) is 29.7 Å². The first kappa shape index (κ1) is 14.8. The Balaban J connectivity index is 1.57. The van der Waals surface area contributed by atoms with E-state index in [4.69, 9.17) is 11.6 Å². The Morgan fingerprint density at radius 1 is 1.43 bits per heavy atom. The van der Waals surface area contributed by atoms with E-state index in [1.54, 1.807) is 6.07 Å². The molecule has 2 N–H and O–H groups in total. The van der Waals surface area contributed by atoms with E-state index in [0.29, 0.717) is 23.4 Å². The Morgan fingerprint density at radius 2 is 2.24 bits per heavy atom. The van der Waals surface area contributed by atoms with E-state index in [1.807, 2.05) is 19.1 Å². The molecule has 3 atom stereocenters. The van der Waals surface area contributed by atoms with Crippen LogP contribution >= 0.6 is 11.6 Å². The fourth-order valence-corrected chi connectivity index (χ4v) is 3.75. The molecule has 4 nitrogen and oxygen atoms in total. The lowest BCUT2D eigenvalue weighted by Gasteiger charge is -2.18. The molecule has 0 aromatic heterocycles. The molecule has 0 radical (unpaired) electrons. The van der Waals surface area contributed by atoms with Gasteiger partial charge in [-0.1, -0.05) is 17.7 Å². The summed E-state index contributed by atoms with van der Waals surface area (Å²) >= 11 is 5.96. The number of hydrogen-bond acceptors (Lipinski definition) is 3. The van der Waals surface area contributed by atoms with Crippen molar-refractivity contribution < 1.29 is 9.90 Å². The number of fused-ring (bicyclic) bond motifs is 1. The third-order valence-electron chi connectivity index (χ3n) is 4.74. The molecule has 3 unspecified atom stereocenters. The smallest absolute Gasteiger partial charge is 0.238 e. The average Bonchev–Trinajstić information content (AvgIpc) is 2.96. The summed E-state index contributed by atoms with van der Waals surface area (Å²) in [5.41, 5.74) is 1.77. The fourth-order valence-electron chi connectivity index (χ4n) is 3.58. The van der Waals surface area contributed by atoms with Crippen LogP contribution in [0.15, 0.2) is 18.2 Å². The minimum atomic E-state index is -0.182. The normalized spacial score (nSPS) is 28.6. The summed E-state index contributed by atoms with van der Waals surface area (Å²) in [7, 11) is 0. The molecule has 1 saturated carbocycles. The van der Waals surface area contributed by atoms with Crippen molar-refractivity contribution in [2.24, 2.45) is 11.8 Å². The summed E-state index contributed by atoms with van der Waals surface area (Å²) < 4.78 is 0. The summed E-state index contributed by atoms with van der Waals surface area (Å²) in [6.45, 7) is 4.08. The number of aliphatic hydroxyl groups excluding tert-OH is 1. The summed E-state index contributed by atoms with van der Waals surface area (Å²) in [5, 5.41) is 13.5. The van der Waals surface area contributed by atoms with Crippen LogP contribution in [-0.4, -0.2) is 41.7 Å². The molecule has 1 saturated heterocycles. The Kier molecular flexibility index (Phi) is 4.20. The van der Waals surface area contributed by atoms with Gasteiger partial charge in [-0.2, -0.15) is 0 Å². The Bertz CT molecular complexity index is 549. The number of likely N-dealkylation sites (tertiary alicyclic amines) is 1. The molecular formula is C16H21ClN2O2. The highest BCUT2D eigenvalue weighted by molar-refractivity contribution is 6.31. The fraction of sp³-hybridized carbons (Fsp3) is 0.562. The zero-order chi connectivity index (χ0) is 15.0. The summed E-state index contributed by atoms with van der Waals surface area (Å²) in [5.74, 6) is 0.890. The van der Waals surface area contributed by atoms with E-state index in [-0.39, 0.29) is 12.0 Å². The largest absolute Gasteiger partial charge is 0.393 e. The SMILES string of the molecule is Cc1ccc(Cl)cc1NC(=O)CN1CC2CCC(O)C2C1. The molecule has 1 aliphatic carbocycles. The van der Waals surface area contributed by atoms with E-state index in [1.165, 1.54) is 0 Å². The molecule has 2 aliphatic rings. The van der Waals surface area contributed by atoms with E-state index < -0.39 is 0 Å². The molecule has 5 heteroatoms. The molecule has 0 spiro atoms. The standard InChI is InChI=1S/C16H21ClN2O2/c1-10-2-4-12(17)6-14(10)18-16(21)9-19-7-11-3-5-15(20)13(11)8-19/h2,4,6,11,13,15,20H,3,5,7-9H2,1H3,(H,18,21). The molecule has 21 heavy (non-hydrogen) atoms. The van der Waals surface area contributed by atoms with Gasteiger partial charge >= 0.3 is 0 Å². The number of aliphatic hydroxyl groups is 1. The Morgan fingerprint density at radius 3 is 3.00 bits per heavy atom. The molecule has 1 aromatic rings. The van der Waals surface area contributed by atoms with E-state index in [0.717, 1.165) is 37.2 Å². The topological polar surface area (TPSA) is 52.6 Å². The first-order chi connectivity index (χ1) is 10.0. The van der Waals surface area contributed by atoms with Gasteiger partial charge in [-0.25, -0.2) is 0 Å². The van der Waals surface area contributed by atoms with Crippen LogP contribution in [0.1, 0.15) is 18.4 Å². The summed E-state index contributed by atoms with van der Waals surface area (Å²) in [6.07, 6.45) is 1.81. The van der Waals surface area contributed by atoms with Crippen molar-refractivity contribution in [3.8, 4) is 0 Å². The third-order valence-corrected chi connectivity index (χ3v) is 4.97. The Hall–Kier alpha value is -1.10. The number of benzene rings is 1. The minimum absolute atomic E-state index is 0.0187. The quantitative estimate of drug-likeness (QED) is 0.901. The van der Waals surface area contributed by atoms with Crippen LogP contribution < -0.4 is 5.32 Å². The second-order valence-electron chi connectivity index (χ2n) is 6.27. The maximum atomic E-state index is 12.2. The number of carbonyl (C=O) groups is 1. The van der Waals surface area contributed by atoms with Crippen LogP contribution in [0, 0.1) is 18.8 Å². The van der Waals surface area contributed by atoms with Crippen LogP contribution in [-0.2, 0) is 4.79 Å².